The van der Waals surface area contributed by atoms with Crippen LogP contribution in [0.25, 0.3) is 0 Å². The van der Waals surface area contributed by atoms with Crippen molar-refractivity contribution in [1.82, 2.24) is 4.98 Å². The number of aromatic nitrogens is 1. The van der Waals surface area contributed by atoms with Crippen LogP contribution in [0.3, 0.4) is 0 Å². The highest BCUT2D eigenvalue weighted by molar-refractivity contribution is 7.09. The zero-order valence-corrected chi connectivity index (χ0v) is 9.86. The third-order valence-corrected chi connectivity index (χ3v) is 3.30. The summed E-state index contributed by atoms with van der Waals surface area (Å²) in [5.41, 5.74) is 1.28. The number of aliphatic hydroxyl groups is 1. The summed E-state index contributed by atoms with van der Waals surface area (Å²) in [4.78, 5) is 4.17. The highest BCUT2D eigenvalue weighted by Gasteiger charge is 2.07. The Bertz CT molecular complexity index is 399. The summed E-state index contributed by atoms with van der Waals surface area (Å²) >= 11 is 1.60. The molecule has 16 heavy (non-hydrogen) atoms. The second-order valence-corrected chi connectivity index (χ2v) is 4.79. The average Bonchev–Trinajstić information content (AvgIpc) is 2.81. The lowest BCUT2D eigenvalue weighted by atomic mass is 10.1. The minimum absolute atomic E-state index is 0.286. The van der Waals surface area contributed by atoms with Crippen molar-refractivity contribution in [3.05, 3.63) is 52.5 Å². The van der Waals surface area contributed by atoms with Gasteiger partial charge in [0.2, 0.25) is 0 Å². The first kappa shape index (κ1) is 11.3. The van der Waals surface area contributed by atoms with Crippen molar-refractivity contribution in [3.8, 4) is 0 Å². The third-order valence-electron chi connectivity index (χ3n) is 2.50. The molecule has 1 unspecified atom stereocenters. The molecule has 2 nitrogen and oxygen atoms in total. The van der Waals surface area contributed by atoms with Crippen LogP contribution in [0, 0.1) is 0 Å². The number of nitrogens with zero attached hydrogens (tertiary/aromatic N) is 1. The van der Waals surface area contributed by atoms with E-state index in [1.165, 1.54) is 5.56 Å². The first-order valence-corrected chi connectivity index (χ1v) is 6.33. The molecule has 84 valence electrons. The van der Waals surface area contributed by atoms with Crippen LogP contribution in [-0.2, 0) is 12.8 Å². The monoisotopic (exact) mass is 233 g/mol. The van der Waals surface area contributed by atoms with E-state index in [4.69, 9.17) is 0 Å². The first-order valence-electron chi connectivity index (χ1n) is 5.45. The smallest absolute Gasteiger partial charge is 0.0950 e. The van der Waals surface area contributed by atoms with Gasteiger partial charge in [-0.15, -0.1) is 11.3 Å². The van der Waals surface area contributed by atoms with Crippen molar-refractivity contribution >= 4 is 11.3 Å². The van der Waals surface area contributed by atoms with E-state index >= 15 is 0 Å². The van der Waals surface area contributed by atoms with E-state index in [1.54, 1.807) is 17.5 Å². The minimum atomic E-state index is -0.286. The molecule has 0 aliphatic carbocycles. The van der Waals surface area contributed by atoms with Crippen LogP contribution >= 0.6 is 11.3 Å². The molecule has 0 bridgehead atoms. The molecule has 0 radical (unpaired) electrons. The number of hydrogen-bond donors (Lipinski definition) is 1. The van der Waals surface area contributed by atoms with Gasteiger partial charge in [-0.25, -0.2) is 4.98 Å². The maximum Gasteiger partial charge on any atom is 0.0950 e. The molecule has 1 aromatic carbocycles. The molecule has 0 saturated carbocycles. The SMILES string of the molecule is OC(CCc1ccccc1)Cc1nccs1. The predicted molar refractivity (Wildman–Crippen MR) is 66.6 cm³/mol. The summed E-state index contributed by atoms with van der Waals surface area (Å²) in [6, 6.07) is 10.3. The topological polar surface area (TPSA) is 33.1 Å². The maximum atomic E-state index is 9.85. The molecule has 2 rings (SSSR count). The Kier molecular flexibility index (Phi) is 4.08. The van der Waals surface area contributed by atoms with Gasteiger partial charge in [0.25, 0.3) is 0 Å². The molecule has 0 aliphatic heterocycles. The molecular formula is C13H15NOS. The molecule has 0 fully saturated rings. The Balaban J connectivity index is 1.78. The number of rotatable bonds is 5. The van der Waals surface area contributed by atoms with Crippen LogP contribution in [-0.4, -0.2) is 16.2 Å². The van der Waals surface area contributed by atoms with Gasteiger partial charge in [0, 0.05) is 18.0 Å². The minimum Gasteiger partial charge on any atom is -0.393 e. The van der Waals surface area contributed by atoms with Gasteiger partial charge >= 0.3 is 0 Å². The van der Waals surface area contributed by atoms with Gasteiger partial charge in [0.05, 0.1) is 11.1 Å². The summed E-state index contributed by atoms with van der Waals surface area (Å²) < 4.78 is 0. The average molecular weight is 233 g/mol. The Labute approximate surface area is 99.6 Å². The van der Waals surface area contributed by atoms with Gasteiger partial charge in [0.15, 0.2) is 0 Å². The standard InChI is InChI=1S/C13H15NOS/c15-12(10-13-14-8-9-16-13)7-6-11-4-2-1-3-5-11/h1-5,8-9,12,15H,6-7,10H2. The molecule has 1 atom stereocenters. The summed E-state index contributed by atoms with van der Waals surface area (Å²) in [6.07, 6.45) is 3.89. The second-order valence-electron chi connectivity index (χ2n) is 3.81. The van der Waals surface area contributed by atoms with Crippen molar-refractivity contribution in [1.29, 1.82) is 0 Å². The largest absolute Gasteiger partial charge is 0.393 e. The van der Waals surface area contributed by atoms with E-state index in [0.29, 0.717) is 6.42 Å². The Morgan fingerprint density at radius 3 is 2.75 bits per heavy atom. The number of thiazole rings is 1. The van der Waals surface area contributed by atoms with E-state index in [9.17, 15) is 5.11 Å². The number of benzene rings is 1. The summed E-state index contributed by atoms with van der Waals surface area (Å²) in [7, 11) is 0. The highest BCUT2D eigenvalue weighted by Crippen LogP contribution is 2.11. The Morgan fingerprint density at radius 1 is 1.25 bits per heavy atom. The van der Waals surface area contributed by atoms with Crippen molar-refractivity contribution in [3.63, 3.8) is 0 Å². The zero-order chi connectivity index (χ0) is 11.2. The van der Waals surface area contributed by atoms with Gasteiger partial charge in [-0.3, -0.25) is 0 Å². The Hall–Kier alpha value is -1.19. The maximum absolute atomic E-state index is 9.85. The molecule has 3 heteroatoms. The lowest BCUT2D eigenvalue weighted by Gasteiger charge is -2.08. The molecule has 0 aliphatic rings. The zero-order valence-electron chi connectivity index (χ0n) is 9.04. The predicted octanol–water partition coefficient (Wildman–Crippen LogP) is 2.68. The molecule has 1 N–H and O–H groups in total. The van der Waals surface area contributed by atoms with Gasteiger partial charge in [-0.05, 0) is 18.4 Å². The quantitative estimate of drug-likeness (QED) is 0.861. The van der Waals surface area contributed by atoms with Gasteiger partial charge in [-0.1, -0.05) is 30.3 Å². The highest BCUT2D eigenvalue weighted by atomic mass is 32.1. The third kappa shape index (κ3) is 3.43. The fraction of sp³-hybridized carbons (Fsp3) is 0.308. The van der Waals surface area contributed by atoms with Crippen molar-refractivity contribution in [2.45, 2.75) is 25.4 Å². The molecule has 0 spiro atoms. The van der Waals surface area contributed by atoms with Gasteiger partial charge in [-0.2, -0.15) is 0 Å². The molecule has 2 aromatic rings. The molecule has 0 saturated heterocycles. The van der Waals surface area contributed by atoms with Gasteiger partial charge < -0.3 is 5.11 Å². The van der Waals surface area contributed by atoms with E-state index in [1.807, 2.05) is 23.6 Å². The van der Waals surface area contributed by atoms with Crippen LogP contribution < -0.4 is 0 Å². The van der Waals surface area contributed by atoms with Crippen LogP contribution in [0.1, 0.15) is 17.0 Å². The van der Waals surface area contributed by atoms with Crippen LogP contribution in [0.4, 0.5) is 0 Å². The lowest BCUT2D eigenvalue weighted by Crippen LogP contribution is -2.11. The van der Waals surface area contributed by atoms with E-state index in [0.717, 1.165) is 17.8 Å². The summed E-state index contributed by atoms with van der Waals surface area (Å²) in [5, 5.41) is 12.8. The van der Waals surface area contributed by atoms with E-state index < -0.39 is 0 Å². The van der Waals surface area contributed by atoms with Gasteiger partial charge in [0.1, 0.15) is 0 Å². The Morgan fingerprint density at radius 2 is 2.06 bits per heavy atom. The van der Waals surface area contributed by atoms with E-state index in [-0.39, 0.29) is 6.10 Å². The second kappa shape index (κ2) is 5.77. The first-order chi connectivity index (χ1) is 7.84. The van der Waals surface area contributed by atoms with E-state index in [2.05, 4.69) is 17.1 Å². The number of aryl methyl sites for hydroxylation is 1. The molecule has 1 heterocycles. The summed E-state index contributed by atoms with van der Waals surface area (Å²) in [5.74, 6) is 0. The molecular weight excluding hydrogens is 218 g/mol. The van der Waals surface area contributed by atoms with Crippen LogP contribution in [0.2, 0.25) is 0 Å². The normalized spacial score (nSPS) is 12.6. The fourth-order valence-corrected chi connectivity index (χ4v) is 2.32. The lowest BCUT2D eigenvalue weighted by molar-refractivity contribution is 0.165. The van der Waals surface area contributed by atoms with Crippen molar-refractivity contribution < 1.29 is 5.11 Å². The van der Waals surface area contributed by atoms with Crippen LogP contribution in [0.5, 0.6) is 0 Å². The number of hydrogen-bond acceptors (Lipinski definition) is 3. The van der Waals surface area contributed by atoms with Crippen molar-refractivity contribution in [2.24, 2.45) is 0 Å². The van der Waals surface area contributed by atoms with Crippen LogP contribution in [0.15, 0.2) is 41.9 Å². The summed E-state index contributed by atoms with van der Waals surface area (Å²) in [6.45, 7) is 0. The number of aliphatic hydroxyl groups excluding tert-OH is 1. The molecule has 1 aromatic heterocycles. The fourth-order valence-electron chi connectivity index (χ4n) is 1.64. The molecule has 0 amide bonds. The van der Waals surface area contributed by atoms with Crippen molar-refractivity contribution in [2.75, 3.05) is 0 Å².